The van der Waals surface area contributed by atoms with Crippen molar-refractivity contribution in [3.05, 3.63) is 0 Å². The molecule has 1 rings (SSSR count). The summed E-state index contributed by atoms with van der Waals surface area (Å²) in [7, 11) is 0. The molecule has 0 aromatic heterocycles. The van der Waals surface area contributed by atoms with Crippen molar-refractivity contribution >= 4 is 5.84 Å². The standard InChI is InChI=1S/C9H19N3O/c1-7-3-8(2)5-12(4-7)6-9(10)11-13/h7-8,13H,3-6H2,1-2H3,(H2,10,11)/t7-,8-/m1/s1. The molecular formula is C9H19N3O. The zero-order valence-corrected chi connectivity index (χ0v) is 8.40. The van der Waals surface area contributed by atoms with E-state index in [1.807, 2.05) is 0 Å². The van der Waals surface area contributed by atoms with Crippen LogP contribution in [0.4, 0.5) is 0 Å². The van der Waals surface area contributed by atoms with Crippen LogP contribution in [-0.4, -0.2) is 35.6 Å². The summed E-state index contributed by atoms with van der Waals surface area (Å²) in [6.45, 7) is 7.19. The first-order valence-electron chi connectivity index (χ1n) is 4.80. The maximum Gasteiger partial charge on any atom is 0.153 e. The second-order valence-corrected chi connectivity index (χ2v) is 4.23. The van der Waals surface area contributed by atoms with E-state index in [1.165, 1.54) is 6.42 Å². The molecule has 76 valence electrons. The Kier molecular flexibility index (Phi) is 3.54. The number of nitrogens with two attached hydrogens (primary N) is 1. The molecule has 0 aromatic rings. The van der Waals surface area contributed by atoms with E-state index in [-0.39, 0.29) is 0 Å². The van der Waals surface area contributed by atoms with Crippen molar-refractivity contribution in [3.63, 3.8) is 0 Å². The van der Waals surface area contributed by atoms with Crippen LogP contribution in [0.25, 0.3) is 0 Å². The zero-order chi connectivity index (χ0) is 9.84. The van der Waals surface area contributed by atoms with E-state index in [2.05, 4.69) is 23.9 Å². The molecule has 0 unspecified atom stereocenters. The molecule has 4 heteroatoms. The maximum atomic E-state index is 8.43. The van der Waals surface area contributed by atoms with Crippen LogP contribution in [0, 0.1) is 11.8 Å². The van der Waals surface area contributed by atoms with E-state index < -0.39 is 0 Å². The molecule has 2 atom stereocenters. The van der Waals surface area contributed by atoms with Gasteiger partial charge in [0.1, 0.15) is 0 Å². The van der Waals surface area contributed by atoms with E-state index in [0.717, 1.165) is 24.9 Å². The van der Waals surface area contributed by atoms with Crippen LogP contribution >= 0.6 is 0 Å². The lowest BCUT2D eigenvalue weighted by molar-refractivity contribution is 0.157. The molecule has 0 spiro atoms. The van der Waals surface area contributed by atoms with Gasteiger partial charge in [0, 0.05) is 13.1 Å². The number of hydrogen-bond acceptors (Lipinski definition) is 3. The van der Waals surface area contributed by atoms with Crippen molar-refractivity contribution in [1.29, 1.82) is 0 Å². The predicted molar refractivity (Wildman–Crippen MR) is 52.8 cm³/mol. The Morgan fingerprint density at radius 2 is 2.00 bits per heavy atom. The molecule has 3 N–H and O–H groups in total. The summed E-state index contributed by atoms with van der Waals surface area (Å²) in [5.41, 5.74) is 5.45. The van der Waals surface area contributed by atoms with Crippen molar-refractivity contribution in [2.45, 2.75) is 20.3 Å². The highest BCUT2D eigenvalue weighted by molar-refractivity contribution is 5.81. The number of rotatable bonds is 2. The molecule has 0 bridgehead atoms. The van der Waals surface area contributed by atoms with Gasteiger partial charge in [-0.15, -0.1) is 0 Å². The van der Waals surface area contributed by atoms with E-state index in [0.29, 0.717) is 12.4 Å². The Bertz CT molecular complexity index is 183. The minimum Gasteiger partial charge on any atom is -0.409 e. The van der Waals surface area contributed by atoms with Gasteiger partial charge in [-0.2, -0.15) is 0 Å². The van der Waals surface area contributed by atoms with Crippen LogP contribution in [0.15, 0.2) is 5.16 Å². The number of piperidine rings is 1. The summed E-state index contributed by atoms with van der Waals surface area (Å²) in [6, 6.07) is 0. The number of amidine groups is 1. The number of hydrogen-bond donors (Lipinski definition) is 2. The fourth-order valence-corrected chi connectivity index (χ4v) is 2.18. The van der Waals surface area contributed by atoms with Gasteiger partial charge in [-0.25, -0.2) is 0 Å². The Balaban J connectivity index is 2.41. The first-order chi connectivity index (χ1) is 6.11. The van der Waals surface area contributed by atoms with Crippen LogP contribution in [0.1, 0.15) is 20.3 Å². The normalized spacial score (nSPS) is 32.0. The first kappa shape index (κ1) is 10.3. The summed E-state index contributed by atoms with van der Waals surface area (Å²) < 4.78 is 0. The fourth-order valence-electron chi connectivity index (χ4n) is 2.18. The number of oxime groups is 1. The van der Waals surface area contributed by atoms with E-state index in [4.69, 9.17) is 10.9 Å². The molecule has 0 saturated carbocycles. The van der Waals surface area contributed by atoms with Crippen molar-refractivity contribution in [2.75, 3.05) is 19.6 Å². The molecule has 0 aliphatic carbocycles. The smallest absolute Gasteiger partial charge is 0.153 e. The van der Waals surface area contributed by atoms with E-state index in [1.54, 1.807) is 0 Å². The van der Waals surface area contributed by atoms with Gasteiger partial charge >= 0.3 is 0 Å². The van der Waals surface area contributed by atoms with Gasteiger partial charge in [-0.3, -0.25) is 4.90 Å². The van der Waals surface area contributed by atoms with Crippen LogP contribution in [0.3, 0.4) is 0 Å². The van der Waals surface area contributed by atoms with Gasteiger partial charge in [-0.1, -0.05) is 19.0 Å². The molecule has 1 aliphatic heterocycles. The van der Waals surface area contributed by atoms with Crippen LogP contribution < -0.4 is 5.73 Å². The highest BCUT2D eigenvalue weighted by Gasteiger charge is 2.21. The van der Waals surface area contributed by atoms with Crippen LogP contribution in [0.5, 0.6) is 0 Å². The molecule has 1 heterocycles. The van der Waals surface area contributed by atoms with Gasteiger partial charge in [0.25, 0.3) is 0 Å². The molecule has 1 saturated heterocycles. The molecule has 0 amide bonds. The molecule has 1 aliphatic rings. The monoisotopic (exact) mass is 185 g/mol. The largest absolute Gasteiger partial charge is 0.409 e. The third kappa shape index (κ3) is 3.22. The first-order valence-corrected chi connectivity index (χ1v) is 4.80. The SMILES string of the molecule is C[C@@H]1C[C@@H](C)CN(C/C(N)=N\O)C1. The third-order valence-corrected chi connectivity index (χ3v) is 2.46. The molecule has 0 aromatic carbocycles. The van der Waals surface area contributed by atoms with Crippen molar-refractivity contribution in [3.8, 4) is 0 Å². The van der Waals surface area contributed by atoms with Gasteiger partial charge in [-0.05, 0) is 18.3 Å². The second-order valence-electron chi connectivity index (χ2n) is 4.23. The quantitative estimate of drug-likeness (QED) is 0.288. The van der Waals surface area contributed by atoms with Crippen molar-refractivity contribution in [2.24, 2.45) is 22.7 Å². The van der Waals surface area contributed by atoms with Gasteiger partial charge in [0.2, 0.25) is 0 Å². The summed E-state index contributed by atoms with van der Waals surface area (Å²) in [5, 5.41) is 11.4. The Hall–Kier alpha value is -0.770. The van der Waals surface area contributed by atoms with Crippen LogP contribution in [-0.2, 0) is 0 Å². The summed E-state index contributed by atoms with van der Waals surface area (Å²) in [6.07, 6.45) is 1.28. The summed E-state index contributed by atoms with van der Waals surface area (Å²) >= 11 is 0. The minimum atomic E-state index is 0.307. The topological polar surface area (TPSA) is 61.8 Å². The van der Waals surface area contributed by atoms with Crippen molar-refractivity contribution < 1.29 is 5.21 Å². The van der Waals surface area contributed by atoms with Crippen LogP contribution in [0.2, 0.25) is 0 Å². The van der Waals surface area contributed by atoms with Gasteiger partial charge in [0.05, 0.1) is 6.54 Å². The average molecular weight is 185 g/mol. The second kappa shape index (κ2) is 4.46. The van der Waals surface area contributed by atoms with E-state index in [9.17, 15) is 0 Å². The Morgan fingerprint density at radius 1 is 1.46 bits per heavy atom. The lowest BCUT2D eigenvalue weighted by atomic mass is 9.92. The molecule has 1 fully saturated rings. The molecule has 13 heavy (non-hydrogen) atoms. The molecule has 4 nitrogen and oxygen atoms in total. The zero-order valence-electron chi connectivity index (χ0n) is 8.40. The van der Waals surface area contributed by atoms with Gasteiger partial charge < -0.3 is 10.9 Å². The Labute approximate surface area is 79.4 Å². The predicted octanol–water partition coefficient (Wildman–Crippen LogP) is 0.711. The molecular weight excluding hydrogens is 166 g/mol. The van der Waals surface area contributed by atoms with Gasteiger partial charge in [0.15, 0.2) is 5.84 Å². The fraction of sp³-hybridized carbons (Fsp3) is 0.889. The number of nitrogens with zero attached hydrogens (tertiary/aromatic N) is 2. The summed E-state index contributed by atoms with van der Waals surface area (Å²) in [5.74, 6) is 1.74. The molecule has 0 radical (unpaired) electrons. The Morgan fingerprint density at radius 3 is 2.46 bits per heavy atom. The highest BCUT2D eigenvalue weighted by atomic mass is 16.4. The average Bonchev–Trinajstić information content (AvgIpc) is 2.02. The highest BCUT2D eigenvalue weighted by Crippen LogP contribution is 2.20. The third-order valence-electron chi connectivity index (χ3n) is 2.46. The summed E-state index contributed by atoms with van der Waals surface area (Å²) in [4.78, 5) is 2.24. The maximum absolute atomic E-state index is 8.43. The lowest BCUT2D eigenvalue weighted by Gasteiger charge is -2.34. The lowest BCUT2D eigenvalue weighted by Crippen LogP contribution is -2.43. The van der Waals surface area contributed by atoms with Crippen molar-refractivity contribution in [1.82, 2.24) is 4.90 Å². The number of likely N-dealkylation sites (tertiary alicyclic amines) is 1. The minimum absolute atomic E-state index is 0.307. The van der Waals surface area contributed by atoms with E-state index >= 15 is 0 Å².